The molecule has 7 heteroatoms. The largest absolute Gasteiger partial charge is 0.465 e. The van der Waals surface area contributed by atoms with Crippen LogP contribution in [0.15, 0.2) is 30.3 Å². The Morgan fingerprint density at radius 2 is 2.09 bits per heavy atom. The lowest BCUT2D eigenvalue weighted by Crippen LogP contribution is -2.32. The summed E-state index contributed by atoms with van der Waals surface area (Å²) in [6, 6.07) is 8.45. The van der Waals surface area contributed by atoms with Crippen LogP contribution in [-0.2, 0) is 10.1 Å². The fourth-order valence-electron chi connectivity index (χ4n) is 2.05. The van der Waals surface area contributed by atoms with Crippen LogP contribution in [0.4, 0.5) is 16.2 Å². The number of carbonyl (C=O) groups is 2. The van der Waals surface area contributed by atoms with Gasteiger partial charge < -0.3 is 10.5 Å². The summed E-state index contributed by atoms with van der Waals surface area (Å²) in [5.74, 6) is -0.494. The van der Waals surface area contributed by atoms with E-state index >= 15 is 0 Å². The molecule has 0 radical (unpaired) electrons. The summed E-state index contributed by atoms with van der Waals surface area (Å²) in [6.07, 6.45) is 0. The second-order valence-corrected chi connectivity index (χ2v) is 6.26. The van der Waals surface area contributed by atoms with E-state index in [1.54, 1.807) is 12.1 Å². The Balaban J connectivity index is 2.60. The zero-order valence-electron chi connectivity index (χ0n) is 12.1. The van der Waals surface area contributed by atoms with Crippen molar-refractivity contribution < 1.29 is 14.3 Å². The average molecular weight is 383 g/mol. The molecule has 0 fully saturated rings. The van der Waals surface area contributed by atoms with E-state index in [4.69, 9.17) is 10.5 Å². The van der Waals surface area contributed by atoms with Crippen LogP contribution in [0.1, 0.15) is 20.1 Å². The highest BCUT2D eigenvalue weighted by Crippen LogP contribution is 2.36. The second-order valence-electron chi connectivity index (χ2n) is 4.56. The molecule has 0 aliphatic carbocycles. The Morgan fingerprint density at radius 1 is 1.36 bits per heavy atom. The number of benzene rings is 1. The molecule has 0 atom stereocenters. The van der Waals surface area contributed by atoms with Crippen LogP contribution in [0.3, 0.4) is 0 Å². The Hall–Kier alpha value is -1.86. The number of nitrogens with two attached hydrogens (primary N) is 1. The molecule has 2 rings (SSSR count). The first-order valence-electron chi connectivity index (χ1n) is 6.41. The van der Waals surface area contributed by atoms with Crippen LogP contribution in [0, 0.1) is 6.92 Å². The van der Waals surface area contributed by atoms with Crippen molar-refractivity contribution in [2.75, 3.05) is 12.0 Å². The number of amides is 2. The van der Waals surface area contributed by atoms with Crippen LogP contribution in [0.5, 0.6) is 0 Å². The van der Waals surface area contributed by atoms with Crippen molar-refractivity contribution in [1.29, 1.82) is 0 Å². The van der Waals surface area contributed by atoms with Crippen molar-refractivity contribution >= 4 is 50.6 Å². The van der Waals surface area contributed by atoms with Crippen molar-refractivity contribution in [3.8, 4) is 0 Å². The third-order valence-electron chi connectivity index (χ3n) is 2.99. The third-order valence-corrected chi connectivity index (χ3v) is 5.07. The number of hydrogen-bond acceptors (Lipinski definition) is 4. The summed E-state index contributed by atoms with van der Waals surface area (Å²) in [5, 5.41) is 0.572. The molecule has 0 saturated heterocycles. The highest BCUT2D eigenvalue weighted by molar-refractivity contribution is 9.08. The molecule has 0 aliphatic heterocycles. The van der Waals surface area contributed by atoms with Crippen molar-refractivity contribution in [3.05, 3.63) is 45.6 Å². The van der Waals surface area contributed by atoms with Gasteiger partial charge in [0.1, 0.15) is 4.88 Å². The molecule has 0 saturated carbocycles. The van der Waals surface area contributed by atoms with Crippen LogP contribution in [0.25, 0.3) is 0 Å². The Bertz CT molecular complexity index is 715. The summed E-state index contributed by atoms with van der Waals surface area (Å²) in [6.45, 7) is 1.92. The van der Waals surface area contributed by atoms with Gasteiger partial charge in [-0.3, -0.25) is 4.90 Å². The first-order chi connectivity index (χ1) is 10.5. The van der Waals surface area contributed by atoms with Gasteiger partial charge in [-0.1, -0.05) is 28.1 Å². The lowest BCUT2D eigenvalue weighted by molar-refractivity contribution is 0.0607. The molecule has 22 heavy (non-hydrogen) atoms. The highest BCUT2D eigenvalue weighted by atomic mass is 79.9. The molecule has 1 aromatic carbocycles. The lowest BCUT2D eigenvalue weighted by atomic mass is 10.2. The standard InChI is InChI=1S/C15H15BrN2O3S/c1-9-4-3-5-10(6-9)18(15(17)20)12-7-11(8-16)22-13(12)14(19)21-2/h3-7H,8H2,1-2H3,(H2,17,20). The molecule has 0 aliphatic rings. The van der Waals surface area contributed by atoms with Gasteiger partial charge in [-0.2, -0.15) is 0 Å². The zero-order valence-corrected chi connectivity index (χ0v) is 14.5. The van der Waals surface area contributed by atoms with Crippen molar-refractivity contribution in [3.63, 3.8) is 0 Å². The number of alkyl halides is 1. The van der Waals surface area contributed by atoms with Crippen molar-refractivity contribution in [1.82, 2.24) is 0 Å². The van der Waals surface area contributed by atoms with Crippen LogP contribution < -0.4 is 10.6 Å². The predicted octanol–water partition coefficient (Wildman–Crippen LogP) is 3.95. The van der Waals surface area contributed by atoms with Gasteiger partial charge in [-0.05, 0) is 30.7 Å². The van der Waals surface area contributed by atoms with E-state index in [0.717, 1.165) is 10.4 Å². The number of halogens is 1. The van der Waals surface area contributed by atoms with Gasteiger partial charge >= 0.3 is 12.0 Å². The predicted molar refractivity (Wildman–Crippen MR) is 91.2 cm³/mol. The highest BCUT2D eigenvalue weighted by Gasteiger charge is 2.25. The molecule has 0 bridgehead atoms. The Kier molecular flexibility index (Phi) is 5.20. The minimum absolute atomic E-state index is 0.345. The van der Waals surface area contributed by atoms with E-state index in [-0.39, 0.29) is 0 Å². The maximum absolute atomic E-state index is 12.0. The van der Waals surface area contributed by atoms with Gasteiger partial charge in [0, 0.05) is 10.2 Å². The lowest BCUT2D eigenvalue weighted by Gasteiger charge is -2.20. The minimum atomic E-state index is -0.658. The van der Waals surface area contributed by atoms with E-state index in [0.29, 0.717) is 21.6 Å². The van der Waals surface area contributed by atoms with Gasteiger partial charge in [0.25, 0.3) is 0 Å². The molecule has 1 aromatic heterocycles. The van der Waals surface area contributed by atoms with Crippen LogP contribution >= 0.6 is 27.3 Å². The van der Waals surface area contributed by atoms with E-state index in [9.17, 15) is 9.59 Å². The topological polar surface area (TPSA) is 72.6 Å². The van der Waals surface area contributed by atoms with E-state index < -0.39 is 12.0 Å². The first kappa shape index (κ1) is 16.5. The van der Waals surface area contributed by atoms with E-state index in [1.807, 2.05) is 25.1 Å². The Labute approximate surface area is 140 Å². The molecule has 1 heterocycles. The molecule has 5 nitrogen and oxygen atoms in total. The number of anilines is 2. The number of rotatable bonds is 4. The minimum Gasteiger partial charge on any atom is -0.465 e. The van der Waals surface area contributed by atoms with Crippen molar-refractivity contribution in [2.24, 2.45) is 5.73 Å². The number of ether oxygens (including phenoxy) is 1. The van der Waals surface area contributed by atoms with Gasteiger partial charge in [0.2, 0.25) is 0 Å². The maximum atomic E-state index is 12.0. The van der Waals surface area contributed by atoms with Gasteiger partial charge in [-0.25, -0.2) is 9.59 Å². The summed E-state index contributed by atoms with van der Waals surface area (Å²) in [7, 11) is 1.31. The monoisotopic (exact) mass is 382 g/mol. The summed E-state index contributed by atoms with van der Waals surface area (Å²) >= 11 is 4.62. The third kappa shape index (κ3) is 3.31. The fraction of sp³-hybridized carbons (Fsp3) is 0.200. The molecule has 2 N–H and O–H groups in total. The van der Waals surface area contributed by atoms with Crippen LogP contribution in [0.2, 0.25) is 0 Å². The summed E-state index contributed by atoms with van der Waals surface area (Å²) < 4.78 is 4.80. The smallest absolute Gasteiger partial charge is 0.350 e. The molecular formula is C15H15BrN2O3S. The summed E-state index contributed by atoms with van der Waals surface area (Å²) in [4.78, 5) is 26.5. The molecule has 0 spiro atoms. The average Bonchev–Trinajstić information content (AvgIpc) is 2.90. The molecular weight excluding hydrogens is 368 g/mol. The van der Waals surface area contributed by atoms with Gasteiger partial charge in [0.05, 0.1) is 18.5 Å². The van der Waals surface area contributed by atoms with Gasteiger partial charge in [-0.15, -0.1) is 11.3 Å². The van der Waals surface area contributed by atoms with Crippen LogP contribution in [-0.4, -0.2) is 19.1 Å². The molecule has 0 unspecified atom stereocenters. The second kappa shape index (κ2) is 6.93. The van der Waals surface area contributed by atoms with E-state index in [2.05, 4.69) is 15.9 Å². The normalized spacial score (nSPS) is 10.3. The number of urea groups is 1. The van der Waals surface area contributed by atoms with Gasteiger partial charge in [0.15, 0.2) is 0 Å². The molecule has 2 amide bonds. The number of hydrogen-bond donors (Lipinski definition) is 1. The SMILES string of the molecule is COC(=O)c1sc(CBr)cc1N(C(N)=O)c1cccc(C)c1. The number of methoxy groups -OCH3 is 1. The zero-order chi connectivity index (χ0) is 16.3. The molecule has 2 aromatic rings. The number of esters is 1. The number of carbonyl (C=O) groups excluding carboxylic acids is 2. The molecule has 116 valence electrons. The fourth-order valence-corrected chi connectivity index (χ4v) is 3.47. The number of aryl methyl sites for hydroxylation is 1. The Morgan fingerprint density at radius 3 is 2.64 bits per heavy atom. The van der Waals surface area contributed by atoms with Crippen molar-refractivity contribution in [2.45, 2.75) is 12.3 Å². The maximum Gasteiger partial charge on any atom is 0.350 e. The first-order valence-corrected chi connectivity index (χ1v) is 8.35. The number of primary amides is 1. The quantitative estimate of drug-likeness (QED) is 0.642. The summed E-state index contributed by atoms with van der Waals surface area (Å²) in [5.41, 5.74) is 7.57. The number of thiophene rings is 1. The van der Waals surface area contributed by atoms with E-state index in [1.165, 1.54) is 23.3 Å². The number of nitrogens with zero attached hydrogens (tertiary/aromatic N) is 1.